The fraction of sp³-hybridized carbons (Fsp3) is 1.00. The summed E-state index contributed by atoms with van der Waals surface area (Å²) >= 11 is 5.93. The van der Waals surface area contributed by atoms with E-state index in [2.05, 4.69) is 18.4 Å². The minimum absolute atomic E-state index is 0.421. The molecule has 1 saturated heterocycles. The van der Waals surface area contributed by atoms with Crippen LogP contribution in [-0.4, -0.2) is 25.6 Å². The van der Waals surface area contributed by atoms with Crippen LogP contribution in [-0.2, 0) is 0 Å². The van der Waals surface area contributed by atoms with Crippen molar-refractivity contribution in [2.24, 2.45) is 0 Å². The van der Waals surface area contributed by atoms with Crippen LogP contribution in [0.5, 0.6) is 0 Å². The third-order valence-electron chi connectivity index (χ3n) is 2.51. The first-order valence-electron chi connectivity index (χ1n) is 4.07. The van der Waals surface area contributed by atoms with Crippen LogP contribution in [0.15, 0.2) is 0 Å². The van der Waals surface area contributed by atoms with Crippen LogP contribution in [0, 0.1) is 0 Å². The Morgan fingerprint density at radius 1 is 1.30 bits per heavy atom. The monoisotopic (exact) mass is 177 g/mol. The fourth-order valence-corrected chi connectivity index (χ4v) is 3.96. The maximum atomic E-state index is 5.93. The maximum absolute atomic E-state index is 5.93. The zero-order valence-corrected chi connectivity index (χ0v) is 8.98. The Hall–Kier alpha value is 0.467. The zero-order valence-electron chi connectivity index (χ0n) is 6.81. The predicted molar refractivity (Wildman–Crippen MR) is 49.0 cm³/mol. The van der Waals surface area contributed by atoms with Gasteiger partial charge in [-0.05, 0) is 12.8 Å². The van der Waals surface area contributed by atoms with Crippen LogP contribution >= 0.6 is 11.1 Å². The number of hydrogen-bond acceptors (Lipinski definition) is 1. The highest BCUT2D eigenvalue weighted by Gasteiger charge is 2.22. The van der Waals surface area contributed by atoms with Gasteiger partial charge in [0.1, 0.15) is 0 Å². The lowest BCUT2D eigenvalue weighted by Gasteiger charge is -2.37. The second-order valence-electron chi connectivity index (χ2n) is 3.26. The summed E-state index contributed by atoms with van der Waals surface area (Å²) < 4.78 is 2.51. The lowest BCUT2D eigenvalue weighted by Crippen LogP contribution is -2.44. The lowest BCUT2D eigenvalue weighted by molar-refractivity contribution is 0.209. The quantitative estimate of drug-likeness (QED) is 0.434. The Bertz CT molecular complexity index is 99.8. The van der Waals surface area contributed by atoms with Crippen molar-refractivity contribution >= 4 is 20.1 Å². The normalized spacial score (nSPS) is 37.5. The molecule has 2 atom stereocenters. The van der Waals surface area contributed by atoms with E-state index in [9.17, 15) is 0 Å². The van der Waals surface area contributed by atoms with Gasteiger partial charge < -0.3 is 4.57 Å². The van der Waals surface area contributed by atoms with E-state index < -0.39 is 8.99 Å². The fourth-order valence-electron chi connectivity index (χ4n) is 1.71. The second-order valence-corrected chi connectivity index (χ2v) is 4.95. The number of nitrogens with zero attached hydrogens (tertiary/aromatic N) is 1. The van der Waals surface area contributed by atoms with Crippen molar-refractivity contribution < 1.29 is 0 Å². The summed E-state index contributed by atoms with van der Waals surface area (Å²) in [5, 5.41) is 0. The van der Waals surface area contributed by atoms with Gasteiger partial charge in [-0.15, -0.1) is 0 Å². The van der Waals surface area contributed by atoms with Crippen molar-refractivity contribution in [3.8, 4) is 0 Å². The average molecular weight is 178 g/mol. The van der Waals surface area contributed by atoms with Gasteiger partial charge in [-0.1, -0.05) is 20.3 Å². The molecule has 0 aromatic carbocycles. The topological polar surface area (TPSA) is 3.24 Å². The molecule has 1 aliphatic heterocycles. The van der Waals surface area contributed by atoms with E-state index in [4.69, 9.17) is 11.1 Å². The van der Waals surface area contributed by atoms with Crippen molar-refractivity contribution in [1.29, 1.82) is 0 Å². The Balaban J connectivity index is 2.45. The highest BCUT2D eigenvalue weighted by Crippen LogP contribution is 2.21. The molecule has 1 aliphatic rings. The molecule has 60 valence electrons. The molecule has 0 aromatic rings. The predicted octanol–water partition coefficient (Wildman–Crippen LogP) is 1.49. The third kappa shape index (κ3) is 1.74. The summed E-state index contributed by atoms with van der Waals surface area (Å²) in [5.41, 5.74) is 0. The molecule has 0 N–H and O–H groups in total. The standard InChI is InChI=1S/C7H16ClNSi/c1-6-4-3-5-7(2)9(6)10-8/h6-7H,3-5,10H2,1-2H3/t6-,7-/m0/s1. The van der Waals surface area contributed by atoms with E-state index in [1.807, 2.05) is 0 Å². The average Bonchev–Trinajstić information content (AvgIpc) is 1.88. The van der Waals surface area contributed by atoms with E-state index in [-0.39, 0.29) is 0 Å². The Kier molecular flexibility index (Phi) is 3.20. The van der Waals surface area contributed by atoms with E-state index in [0.717, 1.165) is 12.1 Å². The van der Waals surface area contributed by atoms with Crippen LogP contribution in [0.4, 0.5) is 0 Å². The maximum Gasteiger partial charge on any atom is 0.198 e. The van der Waals surface area contributed by atoms with E-state index in [1.165, 1.54) is 19.3 Å². The first-order valence-corrected chi connectivity index (χ1v) is 6.84. The van der Waals surface area contributed by atoms with Crippen molar-refractivity contribution in [2.75, 3.05) is 0 Å². The van der Waals surface area contributed by atoms with Crippen LogP contribution in [0.1, 0.15) is 33.1 Å². The number of rotatable bonds is 1. The van der Waals surface area contributed by atoms with Gasteiger partial charge in [0.15, 0.2) is 8.99 Å². The third-order valence-corrected chi connectivity index (χ3v) is 4.86. The summed E-state index contributed by atoms with van der Waals surface area (Å²) in [4.78, 5) is 0. The molecule has 0 spiro atoms. The molecule has 0 unspecified atom stereocenters. The molecule has 0 radical (unpaired) electrons. The highest BCUT2D eigenvalue weighted by atomic mass is 35.6. The Morgan fingerprint density at radius 3 is 2.10 bits per heavy atom. The number of halogens is 1. The summed E-state index contributed by atoms with van der Waals surface area (Å²) in [6.07, 6.45) is 4.10. The minimum atomic E-state index is -0.421. The summed E-state index contributed by atoms with van der Waals surface area (Å²) in [6, 6.07) is 1.51. The highest BCUT2D eigenvalue weighted by molar-refractivity contribution is 6.92. The van der Waals surface area contributed by atoms with Gasteiger partial charge in [0, 0.05) is 12.1 Å². The van der Waals surface area contributed by atoms with Crippen molar-refractivity contribution in [2.45, 2.75) is 45.2 Å². The summed E-state index contributed by atoms with van der Waals surface area (Å²) in [7, 11) is -0.421. The van der Waals surface area contributed by atoms with Gasteiger partial charge in [-0.2, -0.15) is 11.1 Å². The Morgan fingerprint density at radius 2 is 1.80 bits per heavy atom. The molecular formula is C7H16ClNSi. The van der Waals surface area contributed by atoms with Crippen LogP contribution < -0.4 is 0 Å². The first-order chi connectivity index (χ1) is 4.75. The molecule has 3 heteroatoms. The van der Waals surface area contributed by atoms with Crippen LogP contribution in [0.2, 0.25) is 0 Å². The van der Waals surface area contributed by atoms with Crippen molar-refractivity contribution in [1.82, 2.24) is 4.57 Å². The largest absolute Gasteiger partial charge is 0.311 e. The number of piperidine rings is 1. The van der Waals surface area contributed by atoms with Crippen molar-refractivity contribution in [3.63, 3.8) is 0 Å². The molecule has 0 saturated carbocycles. The molecule has 1 heterocycles. The van der Waals surface area contributed by atoms with Gasteiger partial charge >= 0.3 is 0 Å². The zero-order chi connectivity index (χ0) is 7.56. The Labute approximate surface area is 70.3 Å². The van der Waals surface area contributed by atoms with E-state index in [0.29, 0.717) is 0 Å². The van der Waals surface area contributed by atoms with Gasteiger partial charge in [-0.25, -0.2) is 0 Å². The lowest BCUT2D eigenvalue weighted by atomic mass is 10.0. The summed E-state index contributed by atoms with van der Waals surface area (Å²) in [6.45, 7) is 4.59. The van der Waals surface area contributed by atoms with Gasteiger partial charge in [0.05, 0.1) is 0 Å². The van der Waals surface area contributed by atoms with Gasteiger partial charge in [-0.3, -0.25) is 0 Å². The molecule has 1 rings (SSSR count). The molecule has 0 amide bonds. The van der Waals surface area contributed by atoms with E-state index in [1.54, 1.807) is 0 Å². The van der Waals surface area contributed by atoms with Crippen LogP contribution in [0.3, 0.4) is 0 Å². The molecule has 10 heavy (non-hydrogen) atoms. The molecule has 0 aromatic heterocycles. The molecule has 0 aliphatic carbocycles. The number of hydrogen-bond donors (Lipinski definition) is 0. The molecule has 0 bridgehead atoms. The van der Waals surface area contributed by atoms with Crippen LogP contribution in [0.25, 0.3) is 0 Å². The van der Waals surface area contributed by atoms with E-state index >= 15 is 0 Å². The SMILES string of the molecule is C[C@H]1CCC[C@H](C)N1[SiH2]Cl. The smallest absolute Gasteiger partial charge is 0.198 e. The molecule has 1 fully saturated rings. The minimum Gasteiger partial charge on any atom is -0.311 e. The van der Waals surface area contributed by atoms with Gasteiger partial charge in [0.2, 0.25) is 0 Å². The second kappa shape index (κ2) is 3.74. The molecular weight excluding hydrogens is 162 g/mol. The molecule has 1 nitrogen and oxygen atoms in total. The first kappa shape index (κ1) is 8.56. The van der Waals surface area contributed by atoms with Crippen molar-refractivity contribution in [3.05, 3.63) is 0 Å². The summed E-state index contributed by atoms with van der Waals surface area (Å²) in [5.74, 6) is 0. The van der Waals surface area contributed by atoms with Gasteiger partial charge in [0.25, 0.3) is 0 Å².